The van der Waals surface area contributed by atoms with Crippen LogP contribution in [0.15, 0.2) is 29.2 Å². The number of hydrogen-bond acceptors (Lipinski definition) is 3. The van der Waals surface area contributed by atoms with Gasteiger partial charge in [0, 0.05) is 4.90 Å². The number of amides is 1. The largest absolute Gasteiger partial charge is 0.391 e. The van der Waals surface area contributed by atoms with Crippen LogP contribution in [-0.2, 0) is 4.79 Å². The quantitative estimate of drug-likeness (QED) is 0.845. The molecule has 0 bridgehead atoms. The van der Waals surface area contributed by atoms with E-state index < -0.39 is 11.9 Å². The van der Waals surface area contributed by atoms with Gasteiger partial charge in [0.15, 0.2) is 0 Å². The molecular formula is C11H11F2NO2S. The fourth-order valence-electron chi connectivity index (χ4n) is 1.80. The fourth-order valence-corrected chi connectivity index (χ4v) is 2.45. The van der Waals surface area contributed by atoms with Gasteiger partial charge in [-0.1, -0.05) is 23.9 Å². The molecule has 3 nitrogen and oxygen atoms in total. The predicted octanol–water partition coefficient (Wildman–Crippen LogP) is 2.10. The zero-order valence-electron chi connectivity index (χ0n) is 8.85. The number of aliphatic hydroxyl groups excluding tert-OH is 1. The molecule has 1 saturated heterocycles. The first-order chi connectivity index (χ1) is 8.08. The molecule has 0 aliphatic carbocycles. The van der Waals surface area contributed by atoms with Crippen LogP contribution in [0.3, 0.4) is 0 Å². The lowest BCUT2D eigenvalue weighted by molar-refractivity contribution is -0.117. The van der Waals surface area contributed by atoms with Gasteiger partial charge in [-0.05, 0) is 12.1 Å². The van der Waals surface area contributed by atoms with Crippen molar-refractivity contribution in [2.45, 2.75) is 23.2 Å². The Balaban J connectivity index is 2.28. The molecule has 1 N–H and O–H groups in total. The topological polar surface area (TPSA) is 40.5 Å². The van der Waals surface area contributed by atoms with Gasteiger partial charge in [-0.3, -0.25) is 4.79 Å². The van der Waals surface area contributed by atoms with E-state index >= 15 is 0 Å². The number of thioether (sulfide) groups is 1. The maximum atomic E-state index is 12.4. The highest BCUT2D eigenvalue weighted by atomic mass is 32.2. The summed E-state index contributed by atoms with van der Waals surface area (Å²) >= 11 is 0.406. The van der Waals surface area contributed by atoms with Gasteiger partial charge in [-0.15, -0.1) is 0 Å². The summed E-state index contributed by atoms with van der Waals surface area (Å²) < 4.78 is 24.7. The monoisotopic (exact) mass is 259 g/mol. The predicted molar refractivity (Wildman–Crippen MR) is 61.3 cm³/mol. The number of halogens is 2. The van der Waals surface area contributed by atoms with Crippen molar-refractivity contribution in [2.24, 2.45) is 0 Å². The van der Waals surface area contributed by atoms with E-state index in [9.17, 15) is 18.7 Å². The zero-order chi connectivity index (χ0) is 12.4. The average Bonchev–Trinajstić information content (AvgIpc) is 2.58. The van der Waals surface area contributed by atoms with E-state index in [0.29, 0.717) is 22.3 Å². The molecule has 1 unspecified atom stereocenters. The molecule has 1 aliphatic rings. The van der Waals surface area contributed by atoms with Crippen LogP contribution in [0, 0.1) is 0 Å². The number of β-amino-alcohol motifs (C(OH)–C–C–N with tert-alkyl or cyclic N) is 1. The second-order valence-corrected chi connectivity index (χ2v) is 4.74. The Hall–Kier alpha value is -1.14. The SMILES string of the molecule is O=C1CC(O)CN1c1ccccc1SC(F)F. The number of benzene rings is 1. The molecule has 6 heteroatoms. The zero-order valence-corrected chi connectivity index (χ0v) is 9.66. The highest BCUT2D eigenvalue weighted by Crippen LogP contribution is 2.35. The summed E-state index contributed by atoms with van der Waals surface area (Å²) in [7, 11) is 0. The maximum Gasteiger partial charge on any atom is 0.288 e. The lowest BCUT2D eigenvalue weighted by Gasteiger charge is -2.19. The third kappa shape index (κ3) is 2.76. The maximum absolute atomic E-state index is 12.4. The van der Waals surface area contributed by atoms with Gasteiger partial charge in [0.2, 0.25) is 5.91 Å². The average molecular weight is 259 g/mol. The van der Waals surface area contributed by atoms with E-state index in [2.05, 4.69) is 0 Å². The van der Waals surface area contributed by atoms with Crippen LogP contribution in [0.4, 0.5) is 14.5 Å². The van der Waals surface area contributed by atoms with Gasteiger partial charge in [0.05, 0.1) is 24.8 Å². The van der Waals surface area contributed by atoms with E-state index in [1.165, 1.54) is 4.90 Å². The summed E-state index contributed by atoms with van der Waals surface area (Å²) in [4.78, 5) is 13.3. The van der Waals surface area contributed by atoms with Crippen LogP contribution in [0.2, 0.25) is 0 Å². The molecule has 0 saturated carbocycles. The molecule has 1 atom stereocenters. The smallest absolute Gasteiger partial charge is 0.288 e. The van der Waals surface area contributed by atoms with Gasteiger partial charge >= 0.3 is 0 Å². The van der Waals surface area contributed by atoms with E-state index in [-0.39, 0.29) is 18.9 Å². The van der Waals surface area contributed by atoms with E-state index in [0.717, 1.165) is 0 Å². The van der Waals surface area contributed by atoms with Crippen LogP contribution in [-0.4, -0.2) is 29.4 Å². The number of rotatable bonds is 3. The Morgan fingerprint density at radius 3 is 2.71 bits per heavy atom. The summed E-state index contributed by atoms with van der Waals surface area (Å²) in [6, 6.07) is 6.48. The number of nitrogens with zero attached hydrogens (tertiary/aromatic N) is 1. The number of hydrogen-bond donors (Lipinski definition) is 1. The third-order valence-electron chi connectivity index (χ3n) is 2.48. The minimum absolute atomic E-state index is 0.0493. The van der Waals surface area contributed by atoms with Crippen molar-refractivity contribution in [1.82, 2.24) is 0 Å². The molecule has 17 heavy (non-hydrogen) atoms. The number of anilines is 1. The number of carbonyl (C=O) groups excluding carboxylic acids is 1. The second-order valence-electron chi connectivity index (χ2n) is 3.71. The first kappa shape index (κ1) is 12.3. The summed E-state index contributed by atoms with van der Waals surface area (Å²) in [5, 5.41) is 9.39. The Labute approximate surface area is 101 Å². The number of alkyl halides is 2. The highest BCUT2D eigenvalue weighted by Gasteiger charge is 2.30. The minimum atomic E-state index is -2.53. The van der Waals surface area contributed by atoms with E-state index in [1.807, 2.05) is 0 Å². The van der Waals surface area contributed by atoms with Crippen LogP contribution in [0.5, 0.6) is 0 Å². The van der Waals surface area contributed by atoms with Crippen LogP contribution < -0.4 is 4.90 Å². The minimum Gasteiger partial charge on any atom is -0.391 e. The molecule has 1 amide bonds. The molecule has 1 heterocycles. The lowest BCUT2D eigenvalue weighted by atomic mass is 10.3. The molecule has 2 rings (SSSR count). The second kappa shape index (κ2) is 5.01. The highest BCUT2D eigenvalue weighted by molar-refractivity contribution is 7.99. The number of carbonyl (C=O) groups is 1. The van der Waals surface area contributed by atoms with Crippen molar-refractivity contribution in [2.75, 3.05) is 11.4 Å². The van der Waals surface area contributed by atoms with Crippen molar-refractivity contribution < 1.29 is 18.7 Å². The Kier molecular flexibility index (Phi) is 3.63. The van der Waals surface area contributed by atoms with Crippen LogP contribution >= 0.6 is 11.8 Å². The first-order valence-electron chi connectivity index (χ1n) is 5.10. The molecule has 0 aromatic heterocycles. The Morgan fingerprint density at radius 1 is 1.41 bits per heavy atom. The first-order valence-corrected chi connectivity index (χ1v) is 5.98. The Bertz CT molecular complexity index is 428. The molecule has 1 aromatic carbocycles. The summed E-state index contributed by atoms with van der Waals surface area (Å²) in [6.07, 6.45) is -0.666. The van der Waals surface area contributed by atoms with E-state index in [4.69, 9.17) is 0 Å². The van der Waals surface area contributed by atoms with Crippen molar-refractivity contribution in [3.05, 3.63) is 24.3 Å². The molecule has 92 valence electrons. The fraction of sp³-hybridized carbons (Fsp3) is 0.364. The van der Waals surface area contributed by atoms with E-state index in [1.54, 1.807) is 24.3 Å². The lowest BCUT2D eigenvalue weighted by Crippen LogP contribution is -2.25. The molecule has 1 aromatic rings. The number of aliphatic hydroxyl groups is 1. The van der Waals surface area contributed by atoms with Crippen LogP contribution in [0.25, 0.3) is 0 Å². The third-order valence-corrected chi connectivity index (χ3v) is 3.25. The summed E-state index contributed by atoms with van der Waals surface area (Å²) in [5.41, 5.74) is 0.444. The standard InChI is InChI=1S/C11H11F2NO2S/c12-11(13)17-9-4-2-1-3-8(9)14-6-7(15)5-10(14)16/h1-4,7,11,15H,5-6H2. The molecule has 1 aliphatic heterocycles. The van der Waals surface area contributed by atoms with Gasteiger partial charge in [-0.25, -0.2) is 0 Å². The molecule has 0 radical (unpaired) electrons. The van der Waals surface area contributed by atoms with Crippen molar-refractivity contribution in [3.8, 4) is 0 Å². The Morgan fingerprint density at radius 2 is 2.12 bits per heavy atom. The normalized spacial score (nSPS) is 20.4. The van der Waals surface area contributed by atoms with Crippen molar-refractivity contribution in [3.63, 3.8) is 0 Å². The molecule has 1 fully saturated rings. The van der Waals surface area contributed by atoms with Crippen LogP contribution in [0.1, 0.15) is 6.42 Å². The van der Waals surface area contributed by atoms with Gasteiger partial charge in [0.25, 0.3) is 5.76 Å². The van der Waals surface area contributed by atoms with Gasteiger partial charge in [0.1, 0.15) is 0 Å². The summed E-state index contributed by atoms with van der Waals surface area (Å²) in [5.74, 6) is -2.77. The van der Waals surface area contributed by atoms with Crippen molar-refractivity contribution in [1.29, 1.82) is 0 Å². The van der Waals surface area contributed by atoms with Gasteiger partial charge in [-0.2, -0.15) is 8.78 Å². The summed E-state index contributed by atoms with van der Waals surface area (Å²) in [6.45, 7) is 0.166. The molecule has 0 spiro atoms. The van der Waals surface area contributed by atoms with Gasteiger partial charge < -0.3 is 10.0 Å². The number of para-hydroxylation sites is 1. The molecular weight excluding hydrogens is 248 g/mol. The van der Waals surface area contributed by atoms with Crippen molar-refractivity contribution >= 4 is 23.4 Å².